The number of fused-ring (bicyclic) bond motifs is 3. The number of hydrogen-bond acceptors (Lipinski definition) is 3. The van der Waals surface area contributed by atoms with Gasteiger partial charge in [0.2, 0.25) is 0 Å². The Hall–Kier alpha value is -2.93. The van der Waals surface area contributed by atoms with Crippen LogP contribution in [0.1, 0.15) is 35.4 Å². The van der Waals surface area contributed by atoms with Gasteiger partial charge in [0.15, 0.2) is 0 Å². The van der Waals surface area contributed by atoms with Crippen LogP contribution in [-0.2, 0) is 13.1 Å². The first-order valence-corrected chi connectivity index (χ1v) is 12.3. The van der Waals surface area contributed by atoms with Gasteiger partial charge in [-0.3, -0.25) is 0 Å². The first-order chi connectivity index (χ1) is 14.7. The van der Waals surface area contributed by atoms with Crippen LogP contribution in [0.5, 0.6) is 0 Å². The quantitative estimate of drug-likeness (QED) is 0.223. The van der Waals surface area contributed by atoms with Crippen LogP contribution in [0.3, 0.4) is 0 Å². The van der Waals surface area contributed by atoms with Gasteiger partial charge in [-0.25, -0.2) is 0 Å². The Morgan fingerprint density at radius 2 is 1.30 bits per heavy atom. The maximum atomic E-state index is 12.7. The van der Waals surface area contributed by atoms with Crippen molar-refractivity contribution in [3.63, 3.8) is 0 Å². The average Bonchev–Trinajstić information content (AvgIpc) is 3.46. The summed E-state index contributed by atoms with van der Waals surface area (Å²) in [6.07, 6.45) is 1.84. The van der Waals surface area contributed by atoms with E-state index in [1.54, 1.807) is 12.1 Å². The van der Waals surface area contributed by atoms with E-state index < -0.39 is 20.4 Å². The van der Waals surface area contributed by atoms with Crippen LogP contribution < -0.4 is 4.90 Å². The Kier molecular flexibility index (Phi) is 4.06. The third-order valence-corrected chi connectivity index (χ3v) is 9.03. The zero-order valence-corrected chi connectivity index (χ0v) is 18.4. The van der Waals surface area contributed by atoms with Gasteiger partial charge in [0, 0.05) is 0 Å². The minimum absolute atomic E-state index is 0.141. The van der Waals surface area contributed by atoms with E-state index in [1.807, 2.05) is 18.2 Å². The summed E-state index contributed by atoms with van der Waals surface area (Å²) in [6, 6.07) is 24.5. The molecule has 30 heavy (non-hydrogen) atoms. The summed E-state index contributed by atoms with van der Waals surface area (Å²) in [5.74, 6) is -0.282. The molecule has 6 rings (SSSR count). The predicted molar refractivity (Wildman–Crippen MR) is 120 cm³/mol. The Bertz CT molecular complexity index is 1310. The number of nitrogens with zero attached hydrogens (tertiary/aromatic N) is 1. The zero-order chi connectivity index (χ0) is 20.2. The first-order valence-electron chi connectivity index (χ1n) is 9.93. The number of anilines is 1. The van der Waals surface area contributed by atoms with Crippen molar-refractivity contribution in [3.05, 3.63) is 104 Å². The van der Waals surface area contributed by atoms with E-state index >= 15 is 0 Å². The fraction of sp³-hybridized carbons (Fsp3) is 0.0769. The van der Waals surface area contributed by atoms with Crippen molar-refractivity contribution < 1.29 is 9.59 Å². The molecule has 0 N–H and O–H groups in total. The van der Waals surface area contributed by atoms with E-state index in [0.717, 1.165) is 16.7 Å². The van der Waals surface area contributed by atoms with Gasteiger partial charge in [-0.15, -0.1) is 0 Å². The van der Waals surface area contributed by atoms with Gasteiger partial charge >= 0.3 is 184 Å². The molecule has 3 nitrogen and oxygen atoms in total. The van der Waals surface area contributed by atoms with Crippen LogP contribution in [-0.4, -0.2) is 32.0 Å². The number of allylic oxidation sites excluding steroid dienone is 1. The van der Waals surface area contributed by atoms with Crippen LogP contribution in [0.25, 0.3) is 16.8 Å². The molecule has 0 amide bonds. The molecule has 0 saturated carbocycles. The third-order valence-electron chi connectivity index (χ3n) is 5.91. The molecule has 144 valence electrons. The molecule has 0 atom stereocenters. The molecule has 0 fully saturated rings. The van der Waals surface area contributed by atoms with Crippen molar-refractivity contribution in [2.45, 2.75) is 13.1 Å². The van der Waals surface area contributed by atoms with E-state index in [4.69, 9.17) is 0 Å². The Morgan fingerprint density at radius 1 is 0.733 bits per heavy atom. The summed E-state index contributed by atoms with van der Waals surface area (Å²) in [5, 5.41) is 2.58. The van der Waals surface area contributed by atoms with Crippen molar-refractivity contribution in [3.8, 4) is 0 Å². The molecule has 1 aliphatic heterocycles. The van der Waals surface area contributed by atoms with Gasteiger partial charge in [0.25, 0.3) is 0 Å². The molecule has 0 bridgehead atoms. The fourth-order valence-corrected chi connectivity index (χ4v) is 7.09. The Balaban J connectivity index is 1.29. The van der Waals surface area contributed by atoms with Crippen molar-refractivity contribution in [1.29, 1.82) is 0 Å². The van der Waals surface area contributed by atoms with Crippen molar-refractivity contribution in [2.75, 3.05) is 4.90 Å². The van der Waals surface area contributed by atoms with E-state index in [-0.39, 0.29) is 11.6 Å². The molecule has 1 aliphatic carbocycles. The summed E-state index contributed by atoms with van der Waals surface area (Å²) in [5.41, 5.74) is 4.17. The molecule has 4 aromatic rings. The van der Waals surface area contributed by atoms with Crippen molar-refractivity contribution in [2.24, 2.45) is 0 Å². The number of rotatable bonds is 2. The van der Waals surface area contributed by atoms with Crippen LogP contribution >= 0.6 is 0 Å². The monoisotopic (exact) mass is 505 g/mol. The van der Waals surface area contributed by atoms with Crippen LogP contribution in [0.4, 0.5) is 3.70 Å². The number of carbonyl (C=O) groups is 2. The standard InChI is InChI=1S/C26H17NO2Te/c28-25-21-7-3-4-8-22(21)26(29)23(25)13-20-9-10-24(30-20)27-14-18-11-16-5-1-2-6-17(16)12-19(18)15-27/h1-13H,14-15H2. The van der Waals surface area contributed by atoms with Crippen LogP contribution in [0.2, 0.25) is 0 Å². The van der Waals surface area contributed by atoms with Gasteiger partial charge in [-0.1, -0.05) is 0 Å². The number of benzene rings is 3. The van der Waals surface area contributed by atoms with Crippen molar-refractivity contribution >= 4 is 52.5 Å². The van der Waals surface area contributed by atoms with Crippen LogP contribution in [0, 0.1) is 0 Å². The molecule has 3 aromatic carbocycles. The van der Waals surface area contributed by atoms with Gasteiger partial charge in [-0.2, -0.15) is 0 Å². The molecule has 0 spiro atoms. The van der Waals surface area contributed by atoms with E-state index in [9.17, 15) is 9.59 Å². The van der Waals surface area contributed by atoms with Gasteiger partial charge in [-0.05, 0) is 0 Å². The molecular weight excluding hydrogens is 486 g/mol. The van der Waals surface area contributed by atoms with Gasteiger partial charge < -0.3 is 0 Å². The maximum absolute atomic E-state index is 12.7. The molecular formula is C26H17NO2Te. The first kappa shape index (κ1) is 17.9. The number of Topliss-reactive ketones (excluding diaryl/α,β-unsaturated/α-hetero) is 2. The number of hydrogen-bond donors (Lipinski definition) is 0. The van der Waals surface area contributed by atoms with Gasteiger partial charge in [0.05, 0.1) is 0 Å². The zero-order valence-electron chi connectivity index (χ0n) is 16.1. The summed E-state index contributed by atoms with van der Waals surface area (Å²) in [7, 11) is 0. The molecule has 2 heterocycles. The summed E-state index contributed by atoms with van der Waals surface area (Å²) < 4.78 is 2.50. The number of carbonyl (C=O) groups excluding carboxylic acids is 2. The molecule has 4 heteroatoms. The summed E-state index contributed by atoms with van der Waals surface area (Å²) in [4.78, 5) is 27.8. The molecule has 2 aliphatic rings. The molecule has 1 aromatic heterocycles. The van der Waals surface area contributed by atoms with E-state index in [0.29, 0.717) is 16.7 Å². The third kappa shape index (κ3) is 2.80. The van der Waals surface area contributed by atoms with Crippen LogP contribution in [0.15, 0.2) is 78.4 Å². The minimum atomic E-state index is -0.622. The second kappa shape index (κ2) is 6.80. The summed E-state index contributed by atoms with van der Waals surface area (Å²) >= 11 is -0.622. The van der Waals surface area contributed by atoms with Crippen molar-refractivity contribution in [1.82, 2.24) is 0 Å². The van der Waals surface area contributed by atoms with E-state index in [2.05, 4.69) is 53.4 Å². The summed E-state index contributed by atoms with van der Waals surface area (Å²) in [6.45, 7) is 1.86. The second-order valence-electron chi connectivity index (χ2n) is 7.76. The molecule has 0 unspecified atom stereocenters. The Morgan fingerprint density at radius 3 is 1.90 bits per heavy atom. The average molecular weight is 503 g/mol. The molecule has 0 saturated heterocycles. The topological polar surface area (TPSA) is 37.4 Å². The van der Waals surface area contributed by atoms with Gasteiger partial charge in [0.1, 0.15) is 0 Å². The normalized spacial score (nSPS) is 15.1. The molecule has 0 radical (unpaired) electrons. The predicted octanol–water partition coefficient (Wildman–Crippen LogP) is 4.88. The Labute approximate surface area is 183 Å². The fourth-order valence-electron chi connectivity index (χ4n) is 4.39. The second-order valence-corrected chi connectivity index (χ2v) is 10.9. The van der Waals surface area contributed by atoms with E-state index in [1.165, 1.54) is 25.6 Å². The number of ketones is 2. The SMILES string of the molecule is O=C1C(=Cc2ccc(N3Cc4cc5ccccc5cc4C3)[te]2)C(=O)c2ccccc21.